The first-order chi connectivity index (χ1) is 7.02. The van der Waals surface area contributed by atoms with E-state index in [1.165, 1.54) is 0 Å². The number of aromatic nitrogens is 2. The molecule has 0 spiro atoms. The monoisotopic (exact) mass is 316 g/mol. The third-order valence-corrected chi connectivity index (χ3v) is 3.48. The third kappa shape index (κ3) is 1.50. The predicted octanol–water partition coefficient (Wildman–Crippen LogP) is 2.25. The Labute approximate surface area is 100 Å². The molecule has 2 aromatic rings. The van der Waals surface area contributed by atoms with Gasteiger partial charge < -0.3 is 5.11 Å². The van der Waals surface area contributed by atoms with Gasteiger partial charge in [0.05, 0.1) is 5.69 Å². The maximum absolute atomic E-state index is 11.1. The van der Waals surface area contributed by atoms with Gasteiger partial charge in [0.1, 0.15) is 5.65 Å². The molecule has 0 amide bonds. The second-order valence-electron chi connectivity index (χ2n) is 3.31. The maximum Gasteiger partial charge on any atom is 0.354 e. The number of carbonyl (C=O) groups is 1. The number of rotatable bonds is 1. The highest BCUT2D eigenvalue weighted by Crippen LogP contribution is 2.18. The number of aromatic carboxylic acids is 1. The van der Waals surface area contributed by atoms with E-state index in [0.717, 1.165) is 9.26 Å². The molecular formula is C10H9IN2O2. The summed E-state index contributed by atoms with van der Waals surface area (Å²) in [6.45, 7) is 3.60. The van der Waals surface area contributed by atoms with Crippen molar-refractivity contribution in [2.75, 3.05) is 0 Å². The van der Waals surface area contributed by atoms with Crippen molar-refractivity contribution in [3.8, 4) is 0 Å². The molecule has 0 atom stereocenters. The van der Waals surface area contributed by atoms with Gasteiger partial charge in [-0.3, -0.25) is 4.40 Å². The molecule has 2 aromatic heterocycles. The first kappa shape index (κ1) is 10.4. The van der Waals surface area contributed by atoms with Crippen molar-refractivity contribution in [1.82, 2.24) is 9.38 Å². The summed E-state index contributed by atoms with van der Waals surface area (Å²) in [7, 11) is 0. The van der Waals surface area contributed by atoms with Crippen LogP contribution in [0.25, 0.3) is 5.65 Å². The van der Waals surface area contributed by atoms with Crippen molar-refractivity contribution in [3.05, 3.63) is 32.8 Å². The summed E-state index contributed by atoms with van der Waals surface area (Å²) in [6, 6.07) is 3.76. The van der Waals surface area contributed by atoms with Gasteiger partial charge in [0.2, 0.25) is 0 Å². The van der Waals surface area contributed by atoms with Crippen LogP contribution in [-0.4, -0.2) is 20.5 Å². The number of hydrogen-bond donors (Lipinski definition) is 1. The summed E-state index contributed by atoms with van der Waals surface area (Å²) >= 11 is 2.18. The summed E-state index contributed by atoms with van der Waals surface area (Å²) in [6.07, 6.45) is 0. The Morgan fingerprint density at radius 1 is 1.47 bits per heavy atom. The van der Waals surface area contributed by atoms with E-state index in [1.54, 1.807) is 11.3 Å². The predicted molar refractivity (Wildman–Crippen MR) is 64.3 cm³/mol. The summed E-state index contributed by atoms with van der Waals surface area (Å²) in [5.74, 6) is -0.940. The number of carboxylic acids is 1. The van der Waals surface area contributed by atoms with Gasteiger partial charge >= 0.3 is 5.97 Å². The second kappa shape index (κ2) is 3.48. The van der Waals surface area contributed by atoms with Gasteiger partial charge in [-0.2, -0.15) is 0 Å². The summed E-state index contributed by atoms with van der Waals surface area (Å²) in [5, 5.41) is 9.10. The summed E-state index contributed by atoms with van der Waals surface area (Å²) in [4.78, 5) is 15.3. The van der Waals surface area contributed by atoms with Gasteiger partial charge in [-0.25, -0.2) is 9.78 Å². The summed E-state index contributed by atoms with van der Waals surface area (Å²) in [5.41, 5.74) is 2.39. The lowest BCUT2D eigenvalue weighted by Crippen LogP contribution is -2.06. The zero-order valence-corrected chi connectivity index (χ0v) is 10.4. The Balaban J connectivity index is 2.96. The van der Waals surface area contributed by atoms with Gasteiger partial charge in [-0.1, -0.05) is 0 Å². The number of carboxylic acid groups (broad SMARTS) is 1. The van der Waals surface area contributed by atoms with Crippen molar-refractivity contribution in [3.63, 3.8) is 0 Å². The lowest BCUT2D eigenvalue weighted by atomic mass is 10.3. The molecule has 0 fully saturated rings. The molecule has 0 radical (unpaired) electrons. The minimum Gasteiger partial charge on any atom is -0.477 e. The van der Waals surface area contributed by atoms with Crippen LogP contribution >= 0.6 is 22.6 Å². The molecule has 4 nitrogen and oxygen atoms in total. The topological polar surface area (TPSA) is 54.6 Å². The number of halogens is 1. The number of imidazole rings is 1. The van der Waals surface area contributed by atoms with Gasteiger partial charge in [-0.05, 0) is 48.6 Å². The smallest absolute Gasteiger partial charge is 0.354 e. The van der Waals surface area contributed by atoms with E-state index >= 15 is 0 Å². The number of aryl methyl sites for hydroxylation is 2. The molecule has 5 heteroatoms. The lowest BCUT2D eigenvalue weighted by molar-refractivity contribution is 0.0688. The molecule has 78 valence electrons. The highest BCUT2D eigenvalue weighted by molar-refractivity contribution is 14.1. The molecular weight excluding hydrogens is 307 g/mol. The Morgan fingerprint density at radius 3 is 2.73 bits per heavy atom. The van der Waals surface area contributed by atoms with Crippen LogP contribution in [-0.2, 0) is 0 Å². The quantitative estimate of drug-likeness (QED) is 0.821. The van der Waals surface area contributed by atoms with Crippen molar-refractivity contribution >= 4 is 34.2 Å². The second-order valence-corrected chi connectivity index (χ2v) is 4.47. The Bertz CT molecular complexity index is 560. The van der Waals surface area contributed by atoms with Crippen LogP contribution in [0.15, 0.2) is 12.1 Å². The maximum atomic E-state index is 11.1. The molecule has 15 heavy (non-hydrogen) atoms. The van der Waals surface area contributed by atoms with E-state index in [4.69, 9.17) is 5.11 Å². The minimum atomic E-state index is -0.940. The summed E-state index contributed by atoms with van der Waals surface area (Å²) < 4.78 is 2.71. The van der Waals surface area contributed by atoms with Crippen LogP contribution in [0.5, 0.6) is 0 Å². The van der Waals surface area contributed by atoms with E-state index in [1.807, 2.05) is 19.1 Å². The van der Waals surface area contributed by atoms with Crippen LogP contribution in [0.3, 0.4) is 0 Å². The van der Waals surface area contributed by atoms with Crippen molar-refractivity contribution < 1.29 is 9.90 Å². The number of nitrogens with zero attached hydrogens (tertiary/aromatic N) is 2. The van der Waals surface area contributed by atoms with Gasteiger partial charge in [0.15, 0.2) is 5.69 Å². The molecule has 0 aromatic carbocycles. The van der Waals surface area contributed by atoms with Crippen LogP contribution in [0.4, 0.5) is 0 Å². The molecule has 2 rings (SSSR count). The first-order valence-electron chi connectivity index (χ1n) is 4.40. The highest BCUT2D eigenvalue weighted by Gasteiger charge is 2.17. The minimum absolute atomic E-state index is 0.251. The van der Waals surface area contributed by atoms with Gasteiger partial charge in [-0.15, -0.1) is 0 Å². The average molecular weight is 316 g/mol. The fourth-order valence-corrected chi connectivity index (χ4v) is 2.05. The molecule has 1 N–H and O–H groups in total. The molecule has 0 aliphatic carbocycles. The van der Waals surface area contributed by atoms with Gasteiger partial charge in [0, 0.05) is 9.26 Å². The van der Waals surface area contributed by atoms with Crippen LogP contribution < -0.4 is 0 Å². The van der Waals surface area contributed by atoms with Crippen molar-refractivity contribution in [2.45, 2.75) is 13.8 Å². The van der Waals surface area contributed by atoms with E-state index < -0.39 is 5.97 Å². The number of pyridine rings is 1. The van der Waals surface area contributed by atoms with Crippen LogP contribution in [0.2, 0.25) is 0 Å². The molecule has 0 unspecified atom stereocenters. The van der Waals surface area contributed by atoms with Gasteiger partial charge in [0.25, 0.3) is 0 Å². The zero-order chi connectivity index (χ0) is 11.2. The standard InChI is InChI=1S/C10H9IN2O2/c1-5-9(10(14)15)13-6(2)7(11)3-4-8(13)12-5/h3-4H,1-2H3,(H,14,15). The van der Waals surface area contributed by atoms with Crippen LogP contribution in [0.1, 0.15) is 21.9 Å². The molecule has 0 saturated carbocycles. The SMILES string of the molecule is Cc1nc2ccc(I)c(C)n2c1C(=O)O. The zero-order valence-electron chi connectivity index (χ0n) is 8.28. The molecule has 0 saturated heterocycles. The number of hydrogen-bond acceptors (Lipinski definition) is 2. The molecule has 2 heterocycles. The largest absolute Gasteiger partial charge is 0.477 e. The van der Waals surface area contributed by atoms with Crippen LogP contribution in [0, 0.1) is 17.4 Å². The van der Waals surface area contributed by atoms with Crippen molar-refractivity contribution in [2.24, 2.45) is 0 Å². The Hall–Kier alpha value is -1.11. The lowest BCUT2D eigenvalue weighted by Gasteiger charge is -2.04. The average Bonchev–Trinajstić information content (AvgIpc) is 2.49. The van der Waals surface area contributed by atoms with Crippen molar-refractivity contribution in [1.29, 1.82) is 0 Å². The third-order valence-electron chi connectivity index (χ3n) is 2.34. The van der Waals surface area contributed by atoms with E-state index in [2.05, 4.69) is 27.6 Å². The first-order valence-corrected chi connectivity index (χ1v) is 5.47. The normalized spacial score (nSPS) is 10.9. The number of fused-ring (bicyclic) bond motifs is 1. The fraction of sp³-hybridized carbons (Fsp3) is 0.200. The highest BCUT2D eigenvalue weighted by atomic mass is 127. The van der Waals surface area contributed by atoms with E-state index in [9.17, 15) is 4.79 Å². The fourth-order valence-electron chi connectivity index (χ4n) is 1.63. The Kier molecular flexibility index (Phi) is 2.41. The molecule has 0 bridgehead atoms. The molecule has 0 aliphatic heterocycles. The Morgan fingerprint density at radius 2 is 2.13 bits per heavy atom. The molecule has 0 aliphatic rings. The van der Waals surface area contributed by atoms with E-state index in [-0.39, 0.29) is 5.69 Å². The van der Waals surface area contributed by atoms with E-state index in [0.29, 0.717) is 11.3 Å².